The van der Waals surface area contributed by atoms with Gasteiger partial charge in [0.2, 0.25) is 0 Å². The molecule has 0 radical (unpaired) electrons. The maximum atomic E-state index is 13.0. The summed E-state index contributed by atoms with van der Waals surface area (Å²) in [6.07, 6.45) is 0.643. The molecule has 0 unspecified atom stereocenters. The summed E-state index contributed by atoms with van der Waals surface area (Å²) in [6.45, 7) is 5.80. The average molecular weight is 232 g/mol. The van der Waals surface area contributed by atoms with E-state index in [1.165, 1.54) is 12.1 Å². The minimum atomic E-state index is -0.422. The molecule has 17 heavy (non-hydrogen) atoms. The summed E-state index contributed by atoms with van der Waals surface area (Å²) in [6, 6.07) is 4.11. The molecule has 0 aliphatic heterocycles. The Balaban J connectivity index is 2.68. The number of rotatable bonds is 2. The van der Waals surface area contributed by atoms with Gasteiger partial charge in [-0.1, -0.05) is 0 Å². The second-order valence-electron chi connectivity index (χ2n) is 4.03. The van der Waals surface area contributed by atoms with E-state index in [-0.39, 0.29) is 0 Å². The van der Waals surface area contributed by atoms with Crippen LogP contribution in [0.25, 0.3) is 5.69 Å². The highest BCUT2D eigenvalue weighted by Gasteiger charge is 2.12. The predicted octanol–water partition coefficient (Wildman–Crippen LogP) is 2.75. The number of halogens is 1. The number of nitrogens with zero attached hydrogens (tertiary/aromatic N) is 2. The van der Waals surface area contributed by atoms with E-state index in [4.69, 9.17) is 0 Å². The van der Waals surface area contributed by atoms with Gasteiger partial charge < -0.3 is 0 Å². The van der Waals surface area contributed by atoms with Crippen molar-refractivity contribution in [3.8, 4) is 5.69 Å². The molecule has 88 valence electrons. The summed E-state index contributed by atoms with van der Waals surface area (Å²) < 4.78 is 14.7. The van der Waals surface area contributed by atoms with Gasteiger partial charge in [0, 0.05) is 11.3 Å². The molecule has 1 heterocycles. The maximum absolute atomic E-state index is 13.0. The summed E-state index contributed by atoms with van der Waals surface area (Å²) in [7, 11) is 0. The Kier molecular flexibility index (Phi) is 2.79. The lowest BCUT2D eigenvalue weighted by Gasteiger charge is -2.07. The van der Waals surface area contributed by atoms with Crippen LogP contribution in [0.1, 0.15) is 27.3 Å². The quantitative estimate of drug-likeness (QED) is 0.746. The van der Waals surface area contributed by atoms with Crippen LogP contribution in [-0.2, 0) is 0 Å². The molecule has 4 heteroatoms. The Bertz CT molecular complexity index is 587. The first-order valence-corrected chi connectivity index (χ1v) is 5.32. The number of aryl methyl sites for hydroxylation is 1. The Labute approximate surface area is 98.9 Å². The number of aromatic nitrogens is 2. The Morgan fingerprint density at radius 3 is 2.53 bits per heavy atom. The average Bonchev–Trinajstić information content (AvgIpc) is 2.57. The van der Waals surface area contributed by atoms with Crippen LogP contribution in [0.15, 0.2) is 18.2 Å². The Hall–Kier alpha value is -1.97. The van der Waals surface area contributed by atoms with Gasteiger partial charge in [-0.3, -0.25) is 4.79 Å². The molecule has 0 amide bonds. The van der Waals surface area contributed by atoms with Crippen molar-refractivity contribution in [2.24, 2.45) is 0 Å². The van der Waals surface area contributed by atoms with Crippen molar-refractivity contribution < 1.29 is 9.18 Å². The first-order valence-electron chi connectivity index (χ1n) is 5.32. The fraction of sp³-hybridized carbons (Fsp3) is 0.231. The third kappa shape index (κ3) is 1.86. The normalized spacial score (nSPS) is 10.6. The van der Waals surface area contributed by atoms with E-state index in [1.807, 2.05) is 20.8 Å². The van der Waals surface area contributed by atoms with E-state index in [1.54, 1.807) is 10.7 Å². The van der Waals surface area contributed by atoms with Gasteiger partial charge in [-0.15, -0.1) is 0 Å². The minimum absolute atomic E-state index is 0.301. The van der Waals surface area contributed by atoms with E-state index in [9.17, 15) is 9.18 Å². The molecule has 3 nitrogen and oxygen atoms in total. The number of carbonyl (C=O) groups excluding carboxylic acids is 1. The molecule has 0 saturated heterocycles. The van der Waals surface area contributed by atoms with Crippen LogP contribution in [-0.4, -0.2) is 16.1 Å². The highest BCUT2D eigenvalue weighted by atomic mass is 19.1. The first-order chi connectivity index (χ1) is 8.04. The van der Waals surface area contributed by atoms with E-state index in [0.717, 1.165) is 17.0 Å². The van der Waals surface area contributed by atoms with Crippen molar-refractivity contribution in [3.05, 3.63) is 46.5 Å². The molecule has 1 aromatic heterocycles. The zero-order valence-corrected chi connectivity index (χ0v) is 9.99. The summed E-state index contributed by atoms with van der Waals surface area (Å²) in [5, 5.41) is 4.35. The molecular formula is C13H13FN2O. The summed E-state index contributed by atoms with van der Waals surface area (Å²) in [5.41, 5.74) is 3.85. The van der Waals surface area contributed by atoms with Crippen molar-refractivity contribution in [2.75, 3.05) is 0 Å². The Morgan fingerprint density at radius 2 is 2.00 bits per heavy atom. The van der Waals surface area contributed by atoms with Crippen LogP contribution >= 0.6 is 0 Å². The molecule has 0 aliphatic carbocycles. The van der Waals surface area contributed by atoms with Gasteiger partial charge in [0.05, 0.1) is 11.4 Å². The third-order valence-corrected chi connectivity index (χ3v) is 3.00. The summed E-state index contributed by atoms with van der Waals surface area (Å²) >= 11 is 0. The van der Waals surface area contributed by atoms with Crippen LogP contribution in [0.5, 0.6) is 0 Å². The lowest BCUT2D eigenvalue weighted by atomic mass is 10.2. The number of hydrogen-bond donors (Lipinski definition) is 0. The smallest absolute Gasteiger partial charge is 0.152 e. The van der Waals surface area contributed by atoms with Crippen molar-refractivity contribution in [1.82, 2.24) is 9.78 Å². The molecule has 1 aromatic carbocycles. The van der Waals surface area contributed by atoms with Gasteiger partial charge in [0.1, 0.15) is 5.82 Å². The van der Waals surface area contributed by atoms with Crippen LogP contribution in [0.4, 0.5) is 4.39 Å². The van der Waals surface area contributed by atoms with Crippen LogP contribution in [0.2, 0.25) is 0 Å². The van der Waals surface area contributed by atoms with E-state index in [2.05, 4.69) is 5.10 Å². The largest absolute Gasteiger partial charge is 0.298 e. The second kappa shape index (κ2) is 4.13. The van der Waals surface area contributed by atoms with E-state index >= 15 is 0 Å². The van der Waals surface area contributed by atoms with Gasteiger partial charge in [-0.05, 0) is 44.5 Å². The molecule has 0 atom stereocenters. The third-order valence-electron chi connectivity index (χ3n) is 3.00. The topological polar surface area (TPSA) is 34.9 Å². The zero-order valence-electron chi connectivity index (χ0n) is 9.99. The lowest BCUT2D eigenvalue weighted by molar-refractivity contribution is 0.112. The number of benzene rings is 1. The molecular weight excluding hydrogens is 219 g/mol. The molecule has 0 aliphatic rings. The van der Waals surface area contributed by atoms with Gasteiger partial charge in [0.25, 0.3) is 0 Å². The SMILES string of the molecule is Cc1nn(-c2ccc(F)cc2C=O)c(C)c1C. The highest BCUT2D eigenvalue weighted by molar-refractivity contribution is 5.80. The zero-order chi connectivity index (χ0) is 12.6. The molecule has 2 rings (SSSR count). The van der Waals surface area contributed by atoms with Crippen LogP contribution in [0, 0.1) is 26.6 Å². The molecule has 0 bridgehead atoms. The van der Waals surface area contributed by atoms with E-state index in [0.29, 0.717) is 17.5 Å². The lowest BCUT2D eigenvalue weighted by Crippen LogP contribution is -2.03. The molecule has 0 fully saturated rings. The maximum Gasteiger partial charge on any atom is 0.152 e. The monoisotopic (exact) mass is 232 g/mol. The fourth-order valence-electron chi connectivity index (χ4n) is 1.77. The van der Waals surface area contributed by atoms with Crippen molar-refractivity contribution in [3.63, 3.8) is 0 Å². The number of aldehydes is 1. The first kappa shape index (κ1) is 11.5. The summed E-state index contributed by atoms with van der Waals surface area (Å²) in [4.78, 5) is 10.9. The van der Waals surface area contributed by atoms with Crippen LogP contribution in [0.3, 0.4) is 0 Å². The van der Waals surface area contributed by atoms with Gasteiger partial charge >= 0.3 is 0 Å². The molecule has 2 aromatic rings. The Morgan fingerprint density at radius 1 is 1.29 bits per heavy atom. The van der Waals surface area contributed by atoms with Crippen molar-refractivity contribution in [2.45, 2.75) is 20.8 Å². The summed E-state index contributed by atoms with van der Waals surface area (Å²) in [5.74, 6) is -0.422. The number of hydrogen-bond acceptors (Lipinski definition) is 2. The van der Waals surface area contributed by atoms with Crippen molar-refractivity contribution >= 4 is 6.29 Å². The van der Waals surface area contributed by atoms with E-state index < -0.39 is 5.82 Å². The van der Waals surface area contributed by atoms with Crippen LogP contribution < -0.4 is 0 Å². The predicted molar refractivity (Wildman–Crippen MR) is 63.1 cm³/mol. The second-order valence-corrected chi connectivity index (χ2v) is 4.03. The molecule has 0 spiro atoms. The highest BCUT2D eigenvalue weighted by Crippen LogP contribution is 2.19. The molecule has 0 saturated carbocycles. The molecule has 0 N–H and O–H groups in total. The fourth-order valence-corrected chi connectivity index (χ4v) is 1.77. The minimum Gasteiger partial charge on any atom is -0.298 e. The number of carbonyl (C=O) groups is 1. The van der Waals surface area contributed by atoms with Gasteiger partial charge in [0.15, 0.2) is 6.29 Å². The standard InChI is InChI=1S/C13H13FN2O/c1-8-9(2)15-16(10(8)3)13-5-4-12(14)6-11(13)7-17/h4-7H,1-3H3. The van der Waals surface area contributed by atoms with Crippen molar-refractivity contribution in [1.29, 1.82) is 0 Å². The van der Waals surface area contributed by atoms with Gasteiger partial charge in [-0.25, -0.2) is 9.07 Å². The van der Waals surface area contributed by atoms with Gasteiger partial charge in [-0.2, -0.15) is 5.10 Å².